The van der Waals surface area contributed by atoms with Crippen LogP contribution in [0, 0.1) is 0 Å². The molecule has 0 saturated carbocycles. The number of nitrogens with zero attached hydrogens (tertiary/aromatic N) is 3. The molecule has 0 aromatic carbocycles. The number of carboxylic acid groups (broad SMARTS) is 1. The van der Waals surface area contributed by atoms with Crippen molar-refractivity contribution in [1.29, 1.82) is 0 Å². The maximum atomic E-state index is 11.5. The van der Waals surface area contributed by atoms with E-state index in [1.165, 1.54) is 22.1 Å². The Bertz CT molecular complexity index is 537. The molecule has 0 spiro atoms. The molecule has 2 aromatic rings. The van der Waals surface area contributed by atoms with Crippen molar-refractivity contribution >= 4 is 34.7 Å². The zero-order valence-corrected chi connectivity index (χ0v) is 9.92. The van der Waals surface area contributed by atoms with Crippen molar-refractivity contribution in [1.82, 2.24) is 19.9 Å². The highest BCUT2D eigenvalue weighted by molar-refractivity contribution is 7.09. The van der Waals surface area contributed by atoms with Crippen LogP contribution in [-0.4, -0.2) is 31.6 Å². The number of carboxylic acids is 1. The topological polar surface area (TPSA) is 105 Å². The highest BCUT2D eigenvalue weighted by Gasteiger charge is 2.11. The fourth-order valence-electron chi connectivity index (χ4n) is 1.00. The van der Waals surface area contributed by atoms with Crippen LogP contribution in [0.1, 0.15) is 26.0 Å². The largest absolute Gasteiger partial charge is 0.476 e. The summed E-state index contributed by atoms with van der Waals surface area (Å²) in [6, 6.07) is 0. The third kappa shape index (κ3) is 2.82. The number of thiazole rings is 1. The molecule has 0 aliphatic rings. The molecular weight excluding hydrogens is 264 g/mol. The Morgan fingerprint density at radius 3 is 2.76 bits per heavy atom. The fraction of sp³-hybridized carbons (Fsp3) is 0.125. The van der Waals surface area contributed by atoms with Gasteiger partial charge in [-0.15, -0.1) is 16.4 Å². The Morgan fingerprint density at radius 1 is 1.35 bits per heavy atom. The van der Waals surface area contributed by atoms with Gasteiger partial charge in [0.1, 0.15) is 5.01 Å². The van der Waals surface area contributed by atoms with Gasteiger partial charge in [-0.25, -0.2) is 9.78 Å². The second-order valence-corrected chi connectivity index (χ2v) is 4.46. The van der Waals surface area contributed by atoms with Crippen molar-refractivity contribution in [3.63, 3.8) is 0 Å². The van der Waals surface area contributed by atoms with Gasteiger partial charge in [-0.1, -0.05) is 4.49 Å². The van der Waals surface area contributed by atoms with E-state index in [0.717, 1.165) is 11.5 Å². The first-order valence-corrected chi connectivity index (χ1v) is 6.11. The van der Waals surface area contributed by atoms with Crippen molar-refractivity contribution in [2.24, 2.45) is 0 Å². The maximum Gasteiger partial charge on any atom is 0.355 e. The van der Waals surface area contributed by atoms with Gasteiger partial charge in [-0.3, -0.25) is 4.79 Å². The highest BCUT2D eigenvalue weighted by Crippen LogP contribution is 2.09. The monoisotopic (exact) mass is 270 g/mol. The molecule has 0 aliphatic carbocycles. The third-order valence-electron chi connectivity index (χ3n) is 1.76. The normalized spacial score (nSPS) is 10.1. The maximum absolute atomic E-state index is 11.5. The van der Waals surface area contributed by atoms with E-state index in [1.807, 2.05) is 0 Å². The molecule has 0 aliphatic heterocycles. The molecule has 2 heterocycles. The van der Waals surface area contributed by atoms with Gasteiger partial charge in [0.25, 0.3) is 5.91 Å². The fourth-order valence-corrected chi connectivity index (χ4v) is 2.14. The molecule has 0 radical (unpaired) electrons. The zero-order chi connectivity index (χ0) is 12.3. The summed E-state index contributed by atoms with van der Waals surface area (Å²) >= 11 is 2.26. The average Bonchev–Trinajstić information content (AvgIpc) is 2.97. The third-order valence-corrected chi connectivity index (χ3v) is 3.12. The Balaban J connectivity index is 1.93. The number of amides is 1. The SMILES string of the molecule is O=C(O)c1csc(CNC(=O)c2csnn2)n1. The summed E-state index contributed by atoms with van der Waals surface area (Å²) in [6.45, 7) is 0.175. The Hall–Kier alpha value is -1.87. The summed E-state index contributed by atoms with van der Waals surface area (Å²) in [4.78, 5) is 25.9. The molecule has 17 heavy (non-hydrogen) atoms. The lowest BCUT2D eigenvalue weighted by atomic mass is 10.4. The molecule has 0 fully saturated rings. The van der Waals surface area contributed by atoms with Crippen LogP contribution in [0.15, 0.2) is 10.8 Å². The quantitative estimate of drug-likeness (QED) is 0.843. The Morgan fingerprint density at radius 2 is 2.18 bits per heavy atom. The van der Waals surface area contributed by atoms with Crippen molar-refractivity contribution in [2.45, 2.75) is 6.54 Å². The van der Waals surface area contributed by atoms with Crippen LogP contribution >= 0.6 is 22.9 Å². The van der Waals surface area contributed by atoms with E-state index in [2.05, 4.69) is 19.9 Å². The summed E-state index contributed by atoms with van der Waals surface area (Å²) in [5.74, 6) is -1.44. The molecule has 2 rings (SSSR count). The summed E-state index contributed by atoms with van der Waals surface area (Å²) in [5.41, 5.74) is 0.222. The van der Waals surface area contributed by atoms with Crippen LogP contribution in [0.2, 0.25) is 0 Å². The number of rotatable bonds is 4. The van der Waals surface area contributed by atoms with E-state index in [9.17, 15) is 9.59 Å². The molecule has 1 amide bonds. The number of aromatic carboxylic acids is 1. The second kappa shape index (κ2) is 4.97. The van der Waals surface area contributed by atoms with Crippen molar-refractivity contribution in [2.75, 3.05) is 0 Å². The molecule has 0 bridgehead atoms. The first kappa shape index (κ1) is 11.6. The number of aromatic nitrogens is 3. The summed E-state index contributed by atoms with van der Waals surface area (Å²) in [6.07, 6.45) is 0. The second-order valence-electron chi connectivity index (χ2n) is 2.90. The van der Waals surface area contributed by atoms with E-state index < -0.39 is 5.97 Å². The minimum atomic E-state index is -1.08. The molecule has 7 nitrogen and oxygen atoms in total. The highest BCUT2D eigenvalue weighted by atomic mass is 32.1. The van der Waals surface area contributed by atoms with Crippen LogP contribution in [0.3, 0.4) is 0 Å². The van der Waals surface area contributed by atoms with Gasteiger partial charge in [0.15, 0.2) is 11.4 Å². The first-order valence-electron chi connectivity index (χ1n) is 4.40. The molecule has 9 heteroatoms. The molecule has 2 N–H and O–H groups in total. The lowest BCUT2D eigenvalue weighted by Gasteiger charge is -1.98. The summed E-state index contributed by atoms with van der Waals surface area (Å²) in [5, 5.41) is 18.3. The van der Waals surface area contributed by atoms with E-state index in [1.54, 1.807) is 0 Å². The number of nitrogens with one attached hydrogen (secondary N) is 1. The zero-order valence-electron chi connectivity index (χ0n) is 8.28. The lowest BCUT2D eigenvalue weighted by molar-refractivity contribution is 0.0691. The number of hydrogen-bond acceptors (Lipinski definition) is 7. The average molecular weight is 270 g/mol. The van der Waals surface area contributed by atoms with Crippen molar-refractivity contribution < 1.29 is 14.7 Å². The molecular formula is C8H6N4O3S2. The first-order chi connectivity index (χ1) is 8.16. The van der Waals surface area contributed by atoms with Crippen LogP contribution in [0.4, 0.5) is 0 Å². The molecule has 0 saturated heterocycles. The van der Waals surface area contributed by atoms with E-state index in [4.69, 9.17) is 5.11 Å². The minimum Gasteiger partial charge on any atom is -0.476 e. The van der Waals surface area contributed by atoms with Gasteiger partial charge in [0.2, 0.25) is 0 Å². The van der Waals surface area contributed by atoms with Gasteiger partial charge in [-0.05, 0) is 11.5 Å². The van der Waals surface area contributed by atoms with Crippen LogP contribution in [0.25, 0.3) is 0 Å². The predicted molar refractivity (Wildman–Crippen MR) is 60.2 cm³/mol. The molecule has 0 atom stereocenters. The number of carbonyl (C=O) groups is 2. The van der Waals surface area contributed by atoms with Gasteiger partial charge < -0.3 is 10.4 Å². The Labute approximate surface area is 103 Å². The van der Waals surface area contributed by atoms with Crippen molar-refractivity contribution in [3.8, 4) is 0 Å². The minimum absolute atomic E-state index is 0.0189. The van der Waals surface area contributed by atoms with Gasteiger partial charge in [-0.2, -0.15) is 0 Å². The number of hydrogen-bond donors (Lipinski definition) is 2. The van der Waals surface area contributed by atoms with Gasteiger partial charge in [0.05, 0.1) is 6.54 Å². The van der Waals surface area contributed by atoms with Gasteiger partial charge >= 0.3 is 5.97 Å². The van der Waals surface area contributed by atoms with Crippen LogP contribution in [0.5, 0.6) is 0 Å². The summed E-state index contributed by atoms with van der Waals surface area (Å²) < 4.78 is 3.57. The predicted octanol–water partition coefficient (Wildman–Crippen LogP) is 0.623. The smallest absolute Gasteiger partial charge is 0.355 e. The summed E-state index contributed by atoms with van der Waals surface area (Å²) in [7, 11) is 0. The van der Waals surface area contributed by atoms with Crippen LogP contribution in [-0.2, 0) is 6.54 Å². The van der Waals surface area contributed by atoms with E-state index >= 15 is 0 Å². The standard InChI is InChI=1S/C8H6N4O3S2/c13-7(4-3-17-12-11-4)9-1-6-10-5(2-16-6)8(14)15/h2-3H,1H2,(H,9,13)(H,14,15). The van der Waals surface area contributed by atoms with E-state index in [-0.39, 0.29) is 23.8 Å². The number of carbonyl (C=O) groups excluding carboxylic acids is 1. The lowest BCUT2D eigenvalue weighted by Crippen LogP contribution is -2.23. The molecule has 0 unspecified atom stereocenters. The van der Waals surface area contributed by atoms with E-state index in [0.29, 0.717) is 5.01 Å². The van der Waals surface area contributed by atoms with Crippen LogP contribution < -0.4 is 5.32 Å². The molecule has 2 aromatic heterocycles. The molecule has 88 valence electrons. The van der Waals surface area contributed by atoms with Crippen molar-refractivity contribution in [3.05, 3.63) is 27.2 Å². The van der Waals surface area contributed by atoms with Gasteiger partial charge in [0, 0.05) is 10.8 Å². The Kier molecular flexibility index (Phi) is 3.40.